The fourth-order valence-electron chi connectivity index (χ4n) is 3.37. The van der Waals surface area contributed by atoms with Crippen LogP contribution in [0.5, 0.6) is 0 Å². The summed E-state index contributed by atoms with van der Waals surface area (Å²) < 4.78 is 1.80. The highest BCUT2D eigenvalue weighted by Crippen LogP contribution is 2.27. The van der Waals surface area contributed by atoms with E-state index in [4.69, 9.17) is 4.98 Å². The van der Waals surface area contributed by atoms with Crippen molar-refractivity contribution in [1.82, 2.24) is 14.8 Å². The Bertz CT molecular complexity index is 1290. The second-order valence-corrected chi connectivity index (χ2v) is 7.74. The van der Waals surface area contributed by atoms with Crippen LogP contribution in [-0.2, 0) is 6.54 Å². The number of rotatable bonds is 5. The van der Waals surface area contributed by atoms with Crippen LogP contribution in [0.25, 0.3) is 21.9 Å². The van der Waals surface area contributed by atoms with Gasteiger partial charge in [0.2, 0.25) is 0 Å². The van der Waals surface area contributed by atoms with Gasteiger partial charge in [-0.25, -0.2) is 9.67 Å². The fraction of sp³-hybridized carbons (Fsp3) is 0.227. The molecular weight excluding hydrogens is 382 g/mol. The van der Waals surface area contributed by atoms with E-state index in [-0.39, 0.29) is 11.3 Å². The topological polar surface area (TPSA) is 103 Å². The van der Waals surface area contributed by atoms with Crippen molar-refractivity contribution in [3.8, 4) is 0 Å². The molecule has 0 bridgehead atoms. The molecular formula is C22H21N5O3. The Kier molecular flexibility index (Phi) is 4.91. The molecule has 2 aromatic heterocycles. The van der Waals surface area contributed by atoms with Gasteiger partial charge < -0.3 is 5.32 Å². The van der Waals surface area contributed by atoms with Gasteiger partial charge >= 0.3 is 0 Å². The zero-order chi connectivity index (χ0) is 21.4. The molecule has 0 aliphatic rings. The van der Waals surface area contributed by atoms with Crippen LogP contribution >= 0.6 is 0 Å². The van der Waals surface area contributed by atoms with E-state index in [2.05, 4.69) is 24.3 Å². The highest BCUT2D eigenvalue weighted by atomic mass is 16.6. The number of non-ortho nitro benzene ring substituents is 1. The molecule has 0 saturated carbocycles. The molecule has 8 nitrogen and oxygen atoms in total. The number of aryl methyl sites for hydroxylation is 1. The van der Waals surface area contributed by atoms with E-state index in [0.29, 0.717) is 23.9 Å². The highest BCUT2D eigenvalue weighted by molar-refractivity contribution is 6.09. The lowest BCUT2D eigenvalue weighted by atomic mass is 10.1. The predicted octanol–water partition coefficient (Wildman–Crippen LogP) is 4.71. The lowest BCUT2D eigenvalue weighted by Gasteiger charge is -2.06. The smallest absolute Gasteiger partial charge is 0.270 e. The molecule has 1 amide bonds. The van der Waals surface area contributed by atoms with Gasteiger partial charge in [0, 0.05) is 29.6 Å². The molecule has 8 heteroatoms. The molecule has 0 fully saturated rings. The van der Waals surface area contributed by atoms with Gasteiger partial charge in [-0.3, -0.25) is 14.9 Å². The van der Waals surface area contributed by atoms with Gasteiger partial charge in [-0.2, -0.15) is 5.10 Å². The summed E-state index contributed by atoms with van der Waals surface area (Å²) >= 11 is 0. The first-order valence-electron chi connectivity index (χ1n) is 9.65. The molecule has 0 atom stereocenters. The first-order chi connectivity index (χ1) is 14.3. The third-order valence-corrected chi connectivity index (χ3v) is 4.76. The van der Waals surface area contributed by atoms with Crippen molar-refractivity contribution in [2.75, 3.05) is 5.32 Å². The second kappa shape index (κ2) is 7.55. The molecule has 0 aliphatic heterocycles. The van der Waals surface area contributed by atoms with Crippen molar-refractivity contribution in [2.24, 2.45) is 5.92 Å². The molecule has 0 spiro atoms. The number of anilines is 1. The van der Waals surface area contributed by atoms with E-state index in [0.717, 1.165) is 21.9 Å². The molecule has 0 unspecified atom stereocenters. The van der Waals surface area contributed by atoms with Crippen LogP contribution in [0.4, 0.5) is 11.5 Å². The Hall–Kier alpha value is -3.81. The summed E-state index contributed by atoms with van der Waals surface area (Å²) in [6, 6.07) is 13.6. The molecule has 1 N–H and O–H groups in total. The first kappa shape index (κ1) is 19.5. The minimum absolute atomic E-state index is 0.138. The third-order valence-electron chi connectivity index (χ3n) is 4.76. The normalized spacial score (nSPS) is 11.3. The van der Waals surface area contributed by atoms with E-state index in [1.165, 1.54) is 24.3 Å². The Morgan fingerprint density at radius 3 is 2.73 bits per heavy atom. The minimum atomic E-state index is -0.526. The average molecular weight is 403 g/mol. The number of hydrogen-bond donors (Lipinski definition) is 1. The van der Waals surface area contributed by atoms with Crippen LogP contribution in [0.3, 0.4) is 0 Å². The Morgan fingerprint density at radius 1 is 1.20 bits per heavy atom. The Labute approximate surface area is 172 Å². The zero-order valence-corrected chi connectivity index (χ0v) is 16.9. The van der Waals surface area contributed by atoms with Crippen molar-refractivity contribution in [3.05, 3.63) is 69.8 Å². The van der Waals surface area contributed by atoms with E-state index in [1.54, 1.807) is 4.68 Å². The van der Waals surface area contributed by atoms with Gasteiger partial charge in [0.1, 0.15) is 0 Å². The largest absolute Gasteiger partial charge is 0.304 e. The van der Waals surface area contributed by atoms with Crippen LogP contribution in [0.15, 0.2) is 48.5 Å². The molecule has 4 rings (SSSR count). The van der Waals surface area contributed by atoms with Crippen molar-refractivity contribution in [1.29, 1.82) is 0 Å². The molecule has 0 aliphatic carbocycles. The van der Waals surface area contributed by atoms with Gasteiger partial charge in [0.05, 0.1) is 15.8 Å². The van der Waals surface area contributed by atoms with Crippen molar-refractivity contribution in [2.45, 2.75) is 27.3 Å². The summed E-state index contributed by atoms with van der Waals surface area (Å²) in [5.41, 5.74) is 2.73. The van der Waals surface area contributed by atoms with E-state index in [9.17, 15) is 14.9 Å². The summed E-state index contributed by atoms with van der Waals surface area (Å²) in [5, 5.41) is 20.1. The number of hydrogen-bond acceptors (Lipinski definition) is 5. The fourth-order valence-corrected chi connectivity index (χ4v) is 3.37. The number of aromatic nitrogens is 3. The van der Waals surface area contributed by atoms with Crippen LogP contribution in [0.2, 0.25) is 0 Å². The summed E-state index contributed by atoms with van der Waals surface area (Å²) in [6.45, 7) is 6.83. The quantitative estimate of drug-likeness (QED) is 0.384. The van der Waals surface area contributed by atoms with Crippen molar-refractivity contribution < 1.29 is 9.72 Å². The summed E-state index contributed by atoms with van der Waals surface area (Å²) in [5.74, 6) is 0.263. The second-order valence-electron chi connectivity index (χ2n) is 7.74. The van der Waals surface area contributed by atoms with Gasteiger partial charge in [-0.05, 0) is 36.6 Å². The third kappa shape index (κ3) is 3.71. The number of amides is 1. The van der Waals surface area contributed by atoms with Gasteiger partial charge in [-0.1, -0.05) is 32.0 Å². The van der Waals surface area contributed by atoms with Crippen LogP contribution in [0.1, 0.15) is 29.8 Å². The SMILES string of the molecule is Cc1ccc2cc3c(NC(=O)c4cccc([N+](=O)[O-])c4)nn(CC(C)C)c3nc2c1. The summed E-state index contributed by atoms with van der Waals surface area (Å²) in [4.78, 5) is 28.0. The van der Waals surface area contributed by atoms with Crippen LogP contribution in [0, 0.1) is 23.0 Å². The maximum absolute atomic E-state index is 12.8. The van der Waals surface area contributed by atoms with E-state index < -0.39 is 10.8 Å². The molecule has 30 heavy (non-hydrogen) atoms. The Balaban J connectivity index is 1.79. The maximum Gasteiger partial charge on any atom is 0.270 e. The number of fused-ring (bicyclic) bond motifs is 2. The van der Waals surface area contributed by atoms with E-state index >= 15 is 0 Å². The summed E-state index contributed by atoms with van der Waals surface area (Å²) in [7, 11) is 0. The number of pyridine rings is 1. The number of nitro benzene ring substituents is 1. The maximum atomic E-state index is 12.8. The molecule has 152 valence electrons. The molecule has 4 aromatic rings. The molecule has 2 heterocycles. The number of nitrogens with zero attached hydrogens (tertiary/aromatic N) is 4. The van der Waals surface area contributed by atoms with Crippen LogP contribution in [-0.4, -0.2) is 25.6 Å². The van der Waals surface area contributed by atoms with E-state index in [1.807, 2.05) is 31.2 Å². The minimum Gasteiger partial charge on any atom is -0.304 e. The monoisotopic (exact) mass is 403 g/mol. The lowest BCUT2D eigenvalue weighted by molar-refractivity contribution is -0.384. The van der Waals surface area contributed by atoms with Gasteiger partial charge in [-0.15, -0.1) is 0 Å². The lowest BCUT2D eigenvalue weighted by Crippen LogP contribution is -2.13. The predicted molar refractivity (Wildman–Crippen MR) is 116 cm³/mol. The van der Waals surface area contributed by atoms with Gasteiger partial charge in [0.25, 0.3) is 11.6 Å². The number of carbonyl (C=O) groups excluding carboxylic acids is 1. The summed E-state index contributed by atoms with van der Waals surface area (Å²) in [6.07, 6.45) is 0. The molecule has 2 aromatic carbocycles. The molecule has 0 saturated heterocycles. The standard InChI is InChI=1S/C22H21N5O3/c1-13(2)12-26-21-18(11-15-8-7-14(3)9-19(15)23-21)20(25-26)24-22(28)16-5-4-6-17(10-16)27(29)30/h4-11,13H,12H2,1-3H3,(H,24,25,28). The highest BCUT2D eigenvalue weighted by Gasteiger charge is 2.18. The Morgan fingerprint density at radius 2 is 2.00 bits per heavy atom. The first-order valence-corrected chi connectivity index (χ1v) is 9.65. The average Bonchev–Trinajstić information content (AvgIpc) is 3.01. The van der Waals surface area contributed by atoms with Crippen LogP contribution < -0.4 is 5.32 Å². The number of carbonyl (C=O) groups is 1. The molecule has 0 radical (unpaired) electrons. The number of nitrogens with one attached hydrogen (secondary N) is 1. The number of benzene rings is 2. The number of nitro groups is 1. The van der Waals surface area contributed by atoms with Gasteiger partial charge in [0.15, 0.2) is 11.5 Å². The van der Waals surface area contributed by atoms with Crippen molar-refractivity contribution >= 4 is 39.3 Å². The van der Waals surface area contributed by atoms with Crippen molar-refractivity contribution in [3.63, 3.8) is 0 Å². The zero-order valence-electron chi connectivity index (χ0n) is 16.9.